The van der Waals surface area contributed by atoms with Crippen LogP contribution in [0.4, 0.5) is 8.78 Å². The lowest BCUT2D eigenvalue weighted by atomic mass is 10.1. The van der Waals surface area contributed by atoms with E-state index < -0.39 is 0 Å². The van der Waals surface area contributed by atoms with Crippen molar-refractivity contribution in [1.82, 2.24) is 4.98 Å². The molecule has 0 atom stereocenters. The molecule has 0 saturated carbocycles. The molecule has 0 aliphatic heterocycles. The molecule has 1 aromatic heterocycles. The van der Waals surface area contributed by atoms with Gasteiger partial charge in [-0.25, -0.2) is 8.78 Å². The molecule has 0 aliphatic carbocycles. The predicted octanol–water partition coefficient (Wildman–Crippen LogP) is 3.81. The minimum absolute atomic E-state index is 0.0600. The Bertz CT molecular complexity index is 840. The van der Waals surface area contributed by atoms with Gasteiger partial charge in [0.2, 0.25) is 0 Å². The molecule has 0 radical (unpaired) electrons. The molecule has 0 saturated heterocycles. The fourth-order valence-corrected chi connectivity index (χ4v) is 2.34. The zero-order chi connectivity index (χ0) is 15.5. The SMILES string of the molecule is Oc1[nH]c2ccc(F)cc2c1C=NCCc1ccccc1F. The molecule has 3 rings (SSSR count). The third-order valence-corrected chi connectivity index (χ3v) is 3.47. The Hall–Kier alpha value is -2.69. The Kier molecular flexibility index (Phi) is 3.87. The molecular weight excluding hydrogens is 286 g/mol. The molecule has 0 spiro atoms. The van der Waals surface area contributed by atoms with E-state index in [1.807, 2.05) is 0 Å². The summed E-state index contributed by atoms with van der Waals surface area (Å²) < 4.78 is 26.8. The number of H-pyrrole nitrogens is 1. The highest BCUT2D eigenvalue weighted by atomic mass is 19.1. The molecule has 5 heteroatoms. The lowest BCUT2D eigenvalue weighted by Gasteiger charge is -1.99. The van der Waals surface area contributed by atoms with Gasteiger partial charge in [0.15, 0.2) is 5.88 Å². The standard InChI is InChI=1S/C17H14F2N2O/c18-12-5-6-16-13(9-12)14(17(22)21-16)10-20-8-7-11-3-1-2-4-15(11)19/h1-6,9-10,21-22H,7-8H2. The van der Waals surface area contributed by atoms with Crippen LogP contribution in [0.5, 0.6) is 5.88 Å². The number of nitrogens with zero attached hydrogens (tertiary/aromatic N) is 1. The van der Waals surface area contributed by atoms with Crippen molar-refractivity contribution in [3.8, 4) is 5.88 Å². The highest BCUT2D eigenvalue weighted by Gasteiger charge is 2.09. The number of aromatic hydroxyl groups is 1. The van der Waals surface area contributed by atoms with Crippen molar-refractivity contribution in [3.05, 3.63) is 65.2 Å². The molecule has 1 heterocycles. The number of fused-ring (bicyclic) bond motifs is 1. The summed E-state index contributed by atoms with van der Waals surface area (Å²) in [5.41, 5.74) is 1.66. The molecule has 0 bridgehead atoms. The summed E-state index contributed by atoms with van der Waals surface area (Å²) in [5, 5.41) is 10.4. The smallest absolute Gasteiger partial charge is 0.198 e. The van der Waals surface area contributed by atoms with Gasteiger partial charge in [0.25, 0.3) is 0 Å². The molecule has 3 aromatic rings. The van der Waals surface area contributed by atoms with Gasteiger partial charge in [0, 0.05) is 23.7 Å². The van der Waals surface area contributed by atoms with Gasteiger partial charge < -0.3 is 10.1 Å². The van der Waals surface area contributed by atoms with E-state index in [0.29, 0.717) is 35.0 Å². The van der Waals surface area contributed by atoms with Gasteiger partial charge in [-0.3, -0.25) is 4.99 Å². The molecule has 2 N–H and O–H groups in total. The van der Waals surface area contributed by atoms with Gasteiger partial charge in [-0.1, -0.05) is 18.2 Å². The van der Waals surface area contributed by atoms with E-state index in [1.165, 1.54) is 24.4 Å². The van der Waals surface area contributed by atoms with Gasteiger partial charge in [-0.05, 0) is 36.2 Å². The average molecular weight is 300 g/mol. The van der Waals surface area contributed by atoms with Crippen molar-refractivity contribution in [2.45, 2.75) is 6.42 Å². The third kappa shape index (κ3) is 2.83. The molecule has 0 amide bonds. The third-order valence-electron chi connectivity index (χ3n) is 3.47. The van der Waals surface area contributed by atoms with Crippen molar-refractivity contribution in [2.75, 3.05) is 6.54 Å². The second-order valence-corrected chi connectivity index (χ2v) is 4.95. The van der Waals surface area contributed by atoms with Crippen molar-refractivity contribution < 1.29 is 13.9 Å². The van der Waals surface area contributed by atoms with Crippen LogP contribution in [0.15, 0.2) is 47.5 Å². The van der Waals surface area contributed by atoms with E-state index in [9.17, 15) is 13.9 Å². The Morgan fingerprint density at radius 3 is 2.77 bits per heavy atom. The number of benzene rings is 2. The summed E-state index contributed by atoms with van der Waals surface area (Å²) in [7, 11) is 0. The Balaban J connectivity index is 1.77. The van der Waals surface area contributed by atoms with Crippen LogP contribution in [0.3, 0.4) is 0 Å². The number of halogens is 2. The van der Waals surface area contributed by atoms with E-state index in [-0.39, 0.29) is 17.5 Å². The molecule has 0 fully saturated rings. The normalized spacial score (nSPS) is 11.5. The Morgan fingerprint density at radius 2 is 1.95 bits per heavy atom. The zero-order valence-electron chi connectivity index (χ0n) is 11.7. The van der Waals surface area contributed by atoms with E-state index in [0.717, 1.165) is 0 Å². The first-order chi connectivity index (χ1) is 10.6. The lowest BCUT2D eigenvalue weighted by molar-refractivity contribution is 0.457. The Labute approximate surface area is 125 Å². The highest BCUT2D eigenvalue weighted by Crippen LogP contribution is 2.26. The van der Waals surface area contributed by atoms with Crippen LogP contribution >= 0.6 is 0 Å². The summed E-state index contributed by atoms with van der Waals surface area (Å²) in [6, 6.07) is 10.7. The van der Waals surface area contributed by atoms with Crippen LogP contribution < -0.4 is 0 Å². The topological polar surface area (TPSA) is 48.4 Å². The number of hydrogen-bond donors (Lipinski definition) is 2. The minimum Gasteiger partial charge on any atom is -0.494 e. The number of aliphatic imine (C=N–C) groups is 1. The zero-order valence-corrected chi connectivity index (χ0v) is 11.7. The molecule has 3 nitrogen and oxygen atoms in total. The summed E-state index contributed by atoms with van der Waals surface area (Å²) in [6.45, 7) is 0.377. The summed E-state index contributed by atoms with van der Waals surface area (Å²) in [6.07, 6.45) is 1.94. The van der Waals surface area contributed by atoms with E-state index in [2.05, 4.69) is 9.98 Å². The molecule has 22 heavy (non-hydrogen) atoms. The van der Waals surface area contributed by atoms with Crippen LogP contribution in [0.25, 0.3) is 10.9 Å². The number of rotatable bonds is 4. The summed E-state index contributed by atoms with van der Waals surface area (Å²) >= 11 is 0. The van der Waals surface area contributed by atoms with Crippen LogP contribution in [0, 0.1) is 11.6 Å². The van der Waals surface area contributed by atoms with Crippen molar-refractivity contribution in [1.29, 1.82) is 0 Å². The van der Waals surface area contributed by atoms with Crippen LogP contribution in [0.2, 0.25) is 0 Å². The number of hydrogen-bond acceptors (Lipinski definition) is 2. The number of nitrogens with one attached hydrogen (secondary N) is 1. The fraction of sp³-hybridized carbons (Fsp3) is 0.118. The second-order valence-electron chi connectivity index (χ2n) is 4.95. The van der Waals surface area contributed by atoms with Gasteiger partial charge >= 0.3 is 0 Å². The fourth-order valence-electron chi connectivity index (χ4n) is 2.34. The maximum Gasteiger partial charge on any atom is 0.198 e. The van der Waals surface area contributed by atoms with Crippen LogP contribution in [-0.4, -0.2) is 22.8 Å². The highest BCUT2D eigenvalue weighted by molar-refractivity contribution is 6.01. The molecule has 0 unspecified atom stereocenters. The van der Waals surface area contributed by atoms with Gasteiger partial charge in [-0.2, -0.15) is 0 Å². The molecular formula is C17H14F2N2O. The number of aromatic nitrogens is 1. The maximum atomic E-state index is 13.5. The predicted molar refractivity (Wildman–Crippen MR) is 82.5 cm³/mol. The van der Waals surface area contributed by atoms with Gasteiger partial charge in [-0.15, -0.1) is 0 Å². The largest absolute Gasteiger partial charge is 0.494 e. The monoisotopic (exact) mass is 300 g/mol. The van der Waals surface area contributed by atoms with Crippen LogP contribution in [0.1, 0.15) is 11.1 Å². The van der Waals surface area contributed by atoms with E-state index in [4.69, 9.17) is 0 Å². The quantitative estimate of drug-likeness (QED) is 0.707. The van der Waals surface area contributed by atoms with Crippen LogP contribution in [-0.2, 0) is 6.42 Å². The van der Waals surface area contributed by atoms with E-state index in [1.54, 1.807) is 24.3 Å². The average Bonchev–Trinajstić information content (AvgIpc) is 2.81. The van der Waals surface area contributed by atoms with Gasteiger partial charge in [0.05, 0.1) is 5.56 Å². The first-order valence-corrected chi connectivity index (χ1v) is 6.88. The minimum atomic E-state index is -0.382. The summed E-state index contributed by atoms with van der Waals surface area (Å²) in [4.78, 5) is 6.96. The second kappa shape index (κ2) is 5.97. The lowest BCUT2D eigenvalue weighted by Crippen LogP contribution is -1.94. The molecule has 112 valence electrons. The molecule has 2 aromatic carbocycles. The Morgan fingerprint density at radius 1 is 1.14 bits per heavy atom. The molecule has 0 aliphatic rings. The van der Waals surface area contributed by atoms with E-state index >= 15 is 0 Å². The van der Waals surface area contributed by atoms with Crippen molar-refractivity contribution >= 4 is 17.1 Å². The first-order valence-electron chi connectivity index (χ1n) is 6.88. The first kappa shape index (κ1) is 14.3. The van der Waals surface area contributed by atoms with Crippen molar-refractivity contribution in [3.63, 3.8) is 0 Å². The number of aromatic amines is 1. The van der Waals surface area contributed by atoms with Gasteiger partial charge in [0.1, 0.15) is 11.6 Å². The summed E-state index contributed by atoms with van der Waals surface area (Å²) in [5.74, 6) is -0.697. The maximum absolute atomic E-state index is 13.5. The van der Waals surface area contributed by atoms with Crippen molar-refractivity contribution in [2.24, 2.45) is 4.99 Å².